The lowest BCUT2D eigenvalue weighted by atomic mass is 10.1. The summed E-state index contributed by atoms with van der Waals surface area (Å²) in [5.74, 6) is 2.23. The highest BCUT2D eigenvalue weighted by Crippen LogP contribution is 2.36. The second-order valence-electron chi connectivity index (χ2n) is 6.98. The molecule has 3 heterocycles. The van der Waals surface area contributed by atoms with E-state index in [0.717, 1.165) is 19.0 Å². The molecular weight excluding hydrogens is 336 g/mol. The van der Waals surface area contributed by atoms with Crippen molar-refractivity contribution in [2.45, 2.75) is 43.4 Å². The van der Waals surface area contributed by atoms with E-state index in [0.29, 0.717) is 10.8 Å². The van der Waals surface area contributed by atoms with Gasteiger partial charge in [-0.05, 0) is 62.9 Å². The first-order valence-corrected chi connectivity index (χ1v) is 10.9. The van der Waals surface area contributed by atoms with Gasteiger partial charge in [0.25, 0.3) is 0 Å². The molecule has 0 bridgehead atoms. The maximum Gasteiger partial charge on any atom is 0.191 e. The Morgan fingerprint density at radius 3 is 2.79 bits per heavy atom. The molecule has 1 aromatic heterocycles. The smallest absolute Gasteiger partial charge is 0.191 e. The molecule has 2 aliphatic rings. The molecular formula is C18H30N4S2. The lowest BCUT2D eigenvalue weighted by Gasteiger charge is -2.29. The van der Waals surface area contributed by atoms with Crippen molar-refractivity contribution in [3.8, 4) is 0 Å². The van der Waals surface area contributed by atoms with Crippen molar-refractivity contribution in [2.75, 3.05) is 39.0 Å². The molecule has 2 atom stereocenters. The Labute approximate surface area is 154 Å². The van der Waals surface area contributed by atoms with Crippen LogP contribution < -0.4 is 10.6 Å². The van der Waals surface area contributed by atoms with Gasteiger partial charge in [-0.3, -0.25) is 9.89 Å². The van der Waals surface area contributed by atoms with Crippen molar-refractivity contribution in [1.29, 1.82) is 0 Å². The van der Waals surface area contributed by atoms with Crippen LogP contribution in [0, 0.1) is 0 Å². The Kier molecular flexibility index (Phi) is 6.47. The molecule has 24 heavy (non-hydrogen) atoms. The van der Waals surface area contributed by atoms with Crippen LogP contribution in [-0.4, -0.2) is 54.6 Å². The van der Waals surface area contributed by atoms with Crippen LogP contribution in [0.25, 0.3) is 0 Å². The molecule has 6 heteroatoms. The number of hydrogen-bond donors (Lipinski definition) is 2. The van der Waals surface area contributed by atoms with Crippen molar-refractivity contribution < 1.29 is 0 Å². The first kappa shape index (κ1) is 18.1. The molecule has 0 amide bonds. The first-order valence-electron chi connectivity index (χ1n) is 9.06. The number of thiophene rings is 1. The Bertz CT molecular complexity index is 517. The molecule has 3 rings (SSSR count). The van der Waals surface area contributed by atoms with E-state index in [2.05, 4.69) is 56.7 Å². The Morgan fingerprint density at radius 1 is 1.33 bits per heavy atom. The van der Waals surface area contributed by atoms with Crippen LogP contribution >= 0.6 is 23.1 Å². The number of hydrogen-bond acceptors (Lipinski definition) is 4. The van der Waals surface area contributed by atoms with Crippen molar-refractivity contribution >= 4 is 29.1 Å². The summed E-state index contributed by atoms with van der Waals surface area (Å²) in [7, 11) is 1.87. The van der Waals surface area contributed by atoms with E-state index >= 15 is 0 Å². The van der Waals surface area contributed by atoms with Gasteiger partial charge in [-0.1, -0.05) is 6.07 Å². The van der Waals surface area contributed by atoms with Gasteiger partial charge < -0.3 is 10.6 Å². The van der Waals surface area contributed by atoms with Crippen LogP contribution in [0.2, 0.25) is 0 Å². The topological polar surface area (TPSA) is 39.7 Å². The molecule has 0 aliphatic carbocycles. The predicted octanol–water partition coefficient (Wildman–Crippen LogP) is 3.34. The van der Waals surface area contributed by atoms with Crippen LogP contribution in [0.4, 0.5) is 0 Å². The largest absolute Gasteiger partial charge is 0.355 e. The highest BCUT2D eigenvalue weighted by atomic mass is 32.2. The molecule has 2 N–H and O–H groups in total. The van der Waals surface area contributed by atoms with Gasteiger partial charge >= 0.3 is 0 Å². The summed E-state index contributed by atoms with van der Waals surface area (Å²) in [6.45, 7) is 6.70. The molecule has 0 saturated carbocycles. The summed E-state index contributed by atoms with van der Waals surface area (Å²) >= 11 is 3.95. The monoisotopic (exact) mass is 366 g/mol. The Morgan fingerprint density at radius 2 is 2.17 bits per heavy atom. The van der Waals surface area contributed by atoms with Gasteiger partial charge in [0.05, 0.1) is 6.04 Å². The average molecular weight is 367 g/mol. The number of aliphatic imine (C=N–C) groups is 1. The van der Waals surface area contributed by atoms with E-state index in [1.165, 1.54) is 49.4 Å². The summed E-state index contributed by atoms with van der Waals surface area (Å²) in [6, 6.07) is 4.89. The summed E-state index contributed by atoms with van der Waals surface area (Å²) < 4.78 is 0.361. The van der Waals surface area contributed by atoms with Crippen LogP contribution in [0.3, 0.4) is 0 Å². The highest BCUT2D eigenvalue weighted by Gasteiger charge is 2.29. The normalized spacial score (nSPS) is 26.7. The number of likely N-dealkylation sites (tertiary alicyclic amines) is 1. The Balaban J connectivity index is 1.54. The maximum absolute atomic E-state index is 4.43. The molecule has 2 saturated heterocycles. The minimum absolute atomic E-state index is 0.361. The predicted molar refractivity (Wildman–Crippen MR) is 107 cm³/mol. The fourth-order valence-electron chi connectivity index (χ4n) is 3.60. The fraction of sp³-hybridized carbons (Fsp3) is 0.722. The minimum atomic E-state index is 0.361. The molecule has 4 nitrogen and oxygen atoms in total. The van der Waals surface area contributed by atoms with E-state index in [1.807, 2.05) is 18.4 Å². The van der Waals surface area contributed by atoms with Gasteiger partial charge in [0.2, 0.25) is 0 Å². The third-order valence-corrected chi connectivity index (χ3v) is 7.58. The molecule has 0 spiro atoms. The molecule has 2 unspecified atom stereocenters. The summed E-state index contributed by atoms with van der Waals surface area (Å²) in [5.41, 5.74) is 0. The minimum Gasteiger partial charge on any atom is -0.355 e. The van der Waals surface area contributed by atoms with E-state index < -0.39 is 0 Å². The summed E-state index contributed by atoms with van der Waals surface area (Å²) in [6.07, 6.45) is 5.28. The number of rotatable bonds is 6. The van der Waals surface area contributed by atoms with Gasteiger partial charge in [-0.25, -0.2) is 0 Å². The molecule has 2 aliphatic heterocycles. The molecule has 0 aromatic carbocycles. The van der Waals surface area contributed by atoms with E-state index in [9.17, 15) is 0 Å². The zero-order chi connectivity index (χ0) is 16.8. The van der Waals surface area contributed by atoms with Crippen molar-refractivity contribution in [2.24, 2.45) is 4.99 Å². The van der Waals surface area contributed by atoms with Gasteiger partial charge in [0.1, 0.15) is 0 Å². The second-order valence-corrected chi connectivity index (χ2v) is 9.64. The lowest BCUT2D eigenvalue weighted by molar-refractivity contribution is 0.249. The van der Waals surface area contributed by atoms with E-state index in [4.69, 9.17) is 0 Å². The number of nitrogens with zero attached hydrogens (tertiary/aromatic N) is 2. The zero-order valence-corrected chi connectivity index (χ0v) is 16.5. The highest BCUT2D eigenvalue weighted by molar-refractivity contribution is 8.00. The molecule has 0 radical (unpaired) electrons. The van der Waals surface area contributed by atoms with Gasteiger partial charge in [0.15, 0.2) is 5.96 Å². The third kappa shape index (κ3) is 4.67. The van der Waals surface area contributed by atoms with E-state index in [-0.39, 0.29) is 0 Å². The first-order chi connectivity index (χ1) is 11.7. The zero-order valence-electron chi connectivity index (χ0n) is 14.9. The van der Waals surface area contributed by atoms with Gasteiger partial charge in [-0.2, -0.15) is 11.8 Å². The number of thioether (sulfide) groups is 1. The fourth-order valence-corrected chi connectivity index (χ4v) is 5.71. The van der Waals surface area contributed by atoms with Gasteiger partial charge in [0, 0.05) is 29.8 Å². The average Bonchev–Trinajstić information content (AvgIpc) is 3.33. The van der Waals surface area contributed by atoms with Crippen LogP contribution in [-0.2, 0) is 0 Å². The Hall–Kier alpha value is -0.720. The van der Waals surface area contributed by atoms with Crippen molar-refractivity contribution in [3.63, 3.8) is 0 Å². The second kappa shape index (κ2) is 8.59. The number of nitrogens with one attached hydrogen (secondary N) is 2. The van der Waals surface area contributed by atoms with Crippen molar-refractivity contribution in [3.05, 3.63) is 22.4 Å². The SMILES string of the molecule is CN=C(NCC(c1cccs1)N1CCCC1)NCC1(C)CCCS1. The van der Waals surface area contributed by atoms with E-state index in [1.54, 1.807) is 0 Å². The standard InChI is InChI=1S/C18H30N4S2/c1-18(8-6-12-24-18)14-21-17(19-2)20-13-15(16-7-5-11-23-16)22-9-3-4-10-22/h5,7,11,15H,3-4,6,8-10,12-14H2,1-2H3,(H2,19,20,21). The van der Waals surface area contributed by atoms with Crippen LogP contribution in [0.15, 0.2) is 22.5 Å². The lowest BCUT2D eigenvalue weighted by Crippen LogP contribution is -2.46. The third-order valence-electron chi connectivity index (χ3n) is 5.07. The van der Waals surface area contributed by atoms with Gasteiger partial charge in [-0.15, -0.1) is 11.3 Å². The molecule has 2 fully saturated rings. The summed E-state index contributed by atoms with van der Waals surface area (Å²) in [4.78, 5) is 8.50. The van der Waals surface area contributed by atoms with Crippen LogP contribution in [0.1, 0.15) is 43.5 Å². The molecule has 1 aromatic rings. The summed E-state index contributed by atoms with van der Waals surface area (Å²) in [5, 5.41) is 9.30. The van der Waals surface area contributed by atoms with Crippen molar-refractivity contribution in [1.82, 2.24) is 15.5 Å². The molecule has 134 valence electrons. The quantitative estimate of drug-likeness (QED) is 0.598. The maximum atomic E-state index is 4.43. The van der Waals surface area contributed by atoms with Crippen LogP contribution in [0.5, 0.6) is 0 Å². The number of guanidine groups is 1.